The van der Waals surface area contributed by atoms with Crippen LogP contribution in [0.15, 0.2) is 36.4 Å². The Morgan fingerprint density at radius 1 is 0.967 bits per heavy atom. The molecule has 8 nitrogen and oxygen atoms in total. The Bertz CT molecular complexity index is 987. The Kier molecular flexibility index (Phi) is 4.92. The highest BCUT2D eigenvalue weighted by Crippen LogP contribution is 2.34. The number of ether oxygens (including phenoxy) is 3. The minimum absolute atomic E-state index is 0.110. The van der Waals surface area contributed by atoms with E-state index < -0.39 is 0 Å². The third-order valence-electron chi connectivity index (χ3n) is 5.62. The van der Waals surface area contributed by atoms with Gasteiger partial charge in [0.1, 0.15) is 6.10 Å². The van der Waals surface area contributed by atoms with Crippen molar-refractivity contribution in [3.8, 4) is 11.5 Å². The first-order valence-corrected chi connectivity index (χ1v) is 10.2. The Labute approximate surface area is 174 Å². The van der Waals surface area contributed by atoms with Crippen LogP contribution in [-0.4, -0.2) is 42.9 Å². The number of amides is 3. The summed E-state index contributed by atoms with van der Waals surface area (Å²) < 4.78 is 16.1. The molecule has 2 aromatic rings. The quantitative estimate of drug-likeness (QED) is 0.813. The average Bonchev–Trinajstić information content (AvgIpc) is 3.45. The number of carbonyl (C=O) groups excluding carboxylic acids is 2. The van der Waals surface area contributed by atoms with Crippen LogP contribution in [0.1, 0.15) is 24.0 Å². The molecule has 3 amide bonds. The van der Waals surface area contributed by atoms with E-state index in [9.17, 15) is 9.59 Å². The molecule has 0 bridgehead atoms. The van der Waals surface area contributed by atoms with Gasteiger partial charge in [0.15, 0.2) is 11.5 Å². The standard InChI is InChI=1S/C22H23N3O5/c26-21(19-2-1-9-28-19)23-16-4-3-14-7-8-25(12-15(14)10-16)22(27)24-17-5-6-18-20(11-17)30-13-29-18/h3-6,10-11,19H,1-2,7-9,12-13H2,(H,23,26)(H,24,27)/t19-/m1/s1. The summed E-state index contributed by atoms with van der Waals surface area (Å²) >= 11 is 0. The molecule has 1 fully saturated rings. The topological polar surface area (TPSA) is 89.1 Å². The molecule has 3 aliphatic heterocycles. The molecule has 0 aromatic heterocycles. The van der Waals surface area contributed by atoms with E-state index in [4.69, 9.17) is 14.2 Å². The van der Waals surface area contributed by atoms with E-state index >= 15 is 0 Å². The molecular weight excluding hydrogens is 386 g/mol. The monoisotopic (exact) mass is 409 g/mol. The number of carbonyl (C=O) groups is 2. The second kappa shape index (κ2) is 7.87. The summed E-state index contributed by atoms with van der Waals surface area (Å²) in [7, 11) is 0. The first-order chi connectivity index (χ1) is 14.7. The van der Waals surface area contributed by atoms with Gasteiger partial charge >= 0.3 is 6.03 Å². The van der Waals surface area contributed by atoms with Gasteiger partial charge in [0.05, 0.1) is 0 Å². The molecule has 156 valence electrons. The van der Waals surface area contributed by atoms with Crippen molar-refractivity contribution in [1.82, 2.24) is 4.90 Å². The van der Waals surface area contributed by atoms with Crippen LogP contribution >= 0.6 is 0 Å². The number of hydrogen-bond donors (Lipinski definition) is 2. The molecule has 3 heterocycles. The highest BCUT2D eigenvalue weighted by molar-refractivity contribution is 5.94. The highest BCUT2D eigenvalue weighted by Gasteiger charge is 2.25. The van der Waals surface area contributed by atoms with Crippen molar-refractivity contribution in [3.63, 3.8) is 0 Å². The van der Waals surface area contributed by atoms with Crippen LogP contribution in [0.5, 0.6) is 11.5 Å². The lowest BCUT2D eigenvalue weighted by Gasteiger charge is -2.29. The summed E-state index contributed by atoms with van der Waals surface area (Å²) in [6.45, 7) is 1.94. The van der Waals surface area contributed by atoms with E-state index in [0.717, 1.165) is 30.5 Å². The fraction of sp³-hybridized carbons (Fsp3) is 0.364. The molecular formula is C22H23N3O5. The maximum atomic E-state index is 12.8. The lowest BCUT2D eigenvalue weighted by Crippen LogP contribution is -2.39. The highest BCUT2D eigenvalue weighted by atomic mass is 16.7. The fourth-order valence-electron chi connectivity index (χ4n) is 3.99. The number of nitrogens with one attached hydrogen (secondary N) is 2. The minimum Gasteiger partial charge on any atom is -0.454 e. The molecule has 30 heavy (non-hydrogen) atoms. The smallest absolute Gasteiger partial charge is 0.322 e. The molecule has 2 aromatic carbocycles. The van der Waals surface area contributed by atoms with Crippen LogP contribution in [-0.2, 0) is 22.5 Å². The summed E-state index contributed by atoms with van der Waals surface area (Å²) in [5.74, 6) is 1.20. The summed E-state index contributed by atoms with van der Waals surface area (Å²) in [6.07, 6.45) is 2.06. The van der Waals surface area contributed by atoms with Crippen molar-refractivity contribution in [2.45, 2.75) is 31.9 Å². The Morgan fingerprint density at radius 2 is 1.80 bits per heavy atom. The molecule has 0 unspecified atom stereocenters. The lowest BCUT2D eigenvalue weighted by molar-refractivity contribution is -0.124. The van der Waals surface area contributed by atoms with E-state index in [-0.39, 0.29) is 24.8 Å². The van der Waals surface area contributed by atoms with Crippen molar-refractivity contribution in [2.75, 3.05) is 30.6 Å². The van der Waals surface area contributed by atoms with Crippen molar-refractivity contribution in [3.05, 3.63) is 47.5 Å². The number of anilines is 2. The SMILES string of the molecule is O=C(Nc1ccc2c(c1)CN(C(=O)Nc1ccc3c(c1)OCO3)CC2)[C@H]1CCCO1. The molecule has 0 spiro atoms. The van der Waals surface area contributed by atoms with E-state index in [0.29, 0.717) is 36.9 Å². The maximum Gasteiger partial charge on any atom is 0.322 e. The molecule has 5 rings (SSSR count). The molecule has 3 aliphatic rings. The first-order valence-electron chi connectivity index (χ1n) is 10.2. The second-order valence-electron chi connectivity index (χ2n) is 7.64. The van der Waals surface area contributed by atoms with Crippen LogP contribution in [0.3, 0.4) is 0 Å². The van der Waals surface area contributed by atoms with Gasteiger partial charge in [-0.2, -0.15) is 0 Å². The van der Waals surface area contributed by atoms with Crippen molar-refractivity contribution < 1.29 is 23.8 Å². The van der Waals surface area contributed by atoms with Crippen molar-refractivity contribution in [1.29, 1.82) is 0 Å². The Hall–Kier alpha value is -3.26. The molecule has 0 radical (unpaired) electrons. The zero-order valence-electron chi connectivity index (χ0n) is 16.5. The largest absolute Gasteiger partial charge is 0.454 e. The van der Waals surface area contributed by atoms with Gasteiger partial charge < -0.3 is 29.7 Å². The normalized spacial score (nSPS) is 19.3. The summed E-state index contributed by atoms with van der Waals surface area (Å²) in [6, 6.07) is 11.0. The van der Waals surface area contributed by atoms with Gasteiger partial charge in [0.2, 0.25) is 6.79 Å². The molecule has 0 aliphatic carbocycles. The minimum atomic E-state index is -0.370. The third-order valence-corrected chi connectivity index (χ3v) is 5.62. The zero-order chi connectivity index (χ0) is 20.5. The van der Waals surface area contributed by atoms with Gasteiger partial charge in [0.25, 0.3) is 5.91 Å². The predicted octanol–water partition coefficient (Wildman–Crippen LogP) is 3.12. The van der Waals surface area contributed by atoms with Gasteiger partial charge in [-0.15, -0.1) is 0 Å². The van der Waals surface area contributed by atoms with Crippen LogP contribution in [0.4, 0.5) is 16.2 Å². The number of benzene rings is 2. The average molecular weight is 409 g/mol. The van der Waals surface area contributed by atoms with Crippen molar-refractivity contribution >= 4 is 23.3 Å². The van der Waals surface area contributed by atoms with E-state index in [1.165, 1.54) is 5.56 Å². The van der Waals surface area contributed by atoms with Crippen LogP contribution in [0.2, 0.25) is 0 Å². The van der Waals surface area contributed by atoms with Gasteiger partial charge in [-0.05, 0) is 54.7 Å². The molecule has 1 saturated heterocycles. The molecule has 0 saturated carbocycles. The van der Waals surface area contributed by atoms with Gasteiger partial charge in [-0.1, -0.05) is 6.07 Å². The van der Waals surface area contributed by atoms with Crippen LogP contribution < -0.4 is 20.1 Å². The van der Waals surface area contributed by atoms with Crippen LogP contribution in [0.25, 0.3) is 0 Å². The number of nitrogens with zero attached hydrogens (tertiary/aromatic N) is 1. The van der Waals surface area contributed by atoms with Gasteiger partial charge in [-0.3, -0.25) is 4.79 Å². The van der Waals surface area contributed by atoms with Gasteiger partial charge in [-0.25, -0.2) is 4.79 Å². The molecule has 1 atom stereocenters. The lowest BCUT2D eigenvalue weighted by atomic mass is 9.99. The first kappa shape index (κ1) is 18.7. The summed E-state index contributed by atoms with van der Waals surface area (Å²) in [5, 5.41) is 5.85. The third kappa shape index (κ3) is 3.78. The molecule has 2 N–H and O–H groups in total. The van der Waals surface area contributed by atoms with E-state index in [1.807, 2.05) is 18.2 Å². The fourth-order valence-corrected chi connectivity index (χ4v) is 3.99. The molecule has 8 heteroatoms. The Morgan fingerprint density at radius 3 is 2.67 bits per heavy atom. The maximum absolute atomic E-state index is 12.8. The number of rotatable bonds is 3. The predicted molar refractivity (Wildman–Crippen MR) is 110 cm³/mol. The van der Waals surface area contributed by atoms with E-state index in [1.54, 1.807) is 23.1 Å². The van der Waals surface area contributed by atoms with E-state index in [2.05, 4.69) is 10.6 Å². The number of urea groups is 1. The summed E-state index contributed by atoms with van der Waals surface area (Å²) in [5.41, 5.74) is 3.62. The number of fused-ring (bicyclic) bond motifs is 2. The van der Waals surface area contributed by atoms with Gasteiger partial charge in [0, 0.05) is 37.1 Å². The zero-order valence-corrected chi connectivity index (χ0v) is 16.5. The Balaban J connectivity index is 1.24. The van der Waals surface area contributed by atoms with Crippen LogP contribution in [0, 0.1) is 0 Å². The number of hydrogen-bond acceptors (Lipinski definition) is 5. The van der Waals surface area contributed by atoms with Crippen molar-refractivity contribution in [2.24, 2.45) is 0 Å². The summed E-state index contributed by atoms with van der Waals surface area (Å²) in [4.78, 5) is 26.8. The second-order valence-corrected chi connectivity index (χ2v) is 7.64.